The molecular formula is C13H14F4N2O. The van der Waals surface area contributed by atoms with Gasteiger partial charge in [-0.3, -0.25) is 10.2 Å². The molecule has 1 atom stereocenters. The zero-order valence-corrected chi connectivity index (χ0v) is 11.0. The fourth-order valence-electron chi connectivity index (χ4n) is 2.38. The maximum Gasteiger partial charge on any atom is 0.410 e. The Bertz CT molecular complexity index is 527. The number of nitrogens with zero attached hydrogens (tertiary/aromatic N) is 1. The van der Waals surface area contributed by atoms with Crippen LogP contribution in [0.3, 0.4) is 0 Å². The van der Waals surface area contributed by atoms with Gasteiger partial charge in [0.05, 0.1) is 0 Å². The second-order valence-electron chi connectivity index (χ2n) is 5.36. The van der Waals surface area contributed by atoms with E-state index in [1.165, 1.54) is 26.0 Å². The molecule has 0 spiro atoms. The van der Waals surface area contributed by atoms with E-state index in [0.29, 0.717) is 0 Å². The standard InChI is InChI=1S/C13H14F4N2O/c1-12(2)7-10(20)18-19(12)11(13(15,16)17)8-5-3-4-6-9(8)14/h3-6,11H,7H2,1-2H3,(H,18,20)/t11-/m0/s1. The molecule has 7 heteroatoms. The number of hydrogen-bond acceptors (Lipinski definition) is 2. The second kappa shape index (κ2) is 4.73. The van der Waals surface area contributed by atoms with Gasteiger partial charge in [0.15, 0.2) is 6.04 Å². The number of benzene rings is 1. The first-order chi connectivity index (χ1) is 9.13. The molecule has 2 rings (SSSR count). The Morgan fingerprint density at radius 2 is 1.90 bits per heavy atom. The molecule has 20 heavy (non-hydrogen) atoms. The quantitative estimate of drug-likeness (QED) is 0.849. The van der Waals surface area contributed by atoms with Gasteiger partial charge in [-0.05, 0) is 19.9 Å². The molecule has 1 heterocycles. The normalized spacial score (nSPS) is 20.8. The summed E-state index contributed by atoms with van der Waals surface area (Å²) in [4.78, 5) is 11.4. The molecule has 0 aromatic heterocycles. The van der Waals surface area contributed by atoms with E-state index in [9.17, 15) is 22.4 Å². The van der Waals surface area contributed by atoms with Gasteiger partial charge in [0.25, 0.3) is 0 Å². The monoisotopic (exact) mass is 290 g/mol. The van der Waals surface area contributed by atoms with Crippen molar-refractivity contribution in [2.75, 3.05) is 0 Å². The van der Waals surface area contributed by atoms with Crippen molar-refractivity contribution >= 4 is 5.91 Å². The molecular weight excluding hydrogens is 276 g/mol. The summed E-state index contributed by atoms with van der Waals surface area (Å²) in [6.45, 7) is 3.01. The van der Waals surface area contributed by atoms with Crippen molar-refractivity contribution in [3.05, 3.63) is 35.6 Å². The number of nitrogens with one attached hydrogen (secondary N) is 1. The van der Waals surface area contributed by atoms with E-state index in [4.69, 9.17) is 0 Å². The Morgan fingerprint density at radius 1 is 1.30 bits per heavy atom. The van der Waals surface area contributed by atoms with E-state index >= 15 is 0 Å². The second-order valence-corrected chi connectivity index (χ2v) is 5.36. The van der Waals surface area contributed by atoms with Gasteiger partial charge < -0.3 is 0 Å². The van der Waals surface area contributed by atoms with Crippen LogP contribution in [0.4, 0.5) is 17.6 Å². The zero-order valence-electron chi connectivity index (χ0n) is 11.0. The number of amides is 1. The lowest BCUT2D eigenvalue weighted by atomic mass is 9.97. The summed E-state index contributed by atoms with van der Waals surface area (Å²) in [5.74, 6) is -1.47. The summed E-state index contributed by atoms with van der Waals surface area (Å²) in [5, 5.41) is 0.785. The summed E-state index contributed by atoms with van der Waals surface area (Å²) in [6, 6.07) is 2.49. The van der Waals surface area contributed by atoms with Crippen LogP contribution in [0.2, 0.25) is 0 Å². The van der Waals surface area contributed by atoms with Crippen molar-refractivity contribution in [2.24, 2.45) is 0 Å². The molecule has 0 saturated carbocycles. The first kappa shape index (κ1) is 14.8. The molecule has 1 N–H and O–H groups in total. The van der Waals surface area contributed by atoms with E-state index in [0.717, 1.165) is 17.1 Å². The molecule has 1 aromatic carbocycles. The van der Waals surface area contributed by atoms with E-state index in [1.54, 1.807) is 0 Å². The van der Waals surface area contributed by atoms with Crippen molar-refractivity contribution in [3.63, 3.8) is 0 Å². The Labute approximate surface area is 113 Å². The van der Waals surface area contributed by atoms with Crippen molar-refractivity contribution < 1.29 is 22.4 Å². The summed E-state index contributed by atoms with van der Waals surface area (Å²) in [5.41, 5.74) is 0.624. The number of hydrazine groups is 1. The third-order valence-corrected chi connectivity index (χ3v) is 3.26. The first-order valence-corrected chi connectivity index (χ1v) is 6.03. The van der Waals surface area contributed by atoms with E-state index in [2.05, 4.69) is 5.43 Å². The highest BCUT2D eigenvalue weighted by molar-refractivity contribution is 5.79. The highest BCUT2D eigenvalue weighted by Gasteiger charge is 2.53. The maximum absolute atomic E-state index is 13.7. The van der Waals surface area contributed by atoms with Crippen LogP contribution in [0.5, 0.6) is 0 Å². The van der Waals surface area contributed by atoms with Gasteiger partial charge in [0, 0.05) is 17.5 Å². The highest BCUT2D eigenvalue weighted by atomic mass is 19.4. The average molecular weight is 290 g/mol. The van der Waals surface area contributed by atoms with Gasteiger partial charge in [-0.1, -0.05) is 18.2 Å². The van der Waals surface area contributed by atoms with Gasteiger partial charge in [-0.15, -0.1) is 0 Å². The van der Waals surface area contributed by atoms with Crippen molar-refractivity contribution in [1.29, 1.82) is 0 Å². The SMILES string of the molecule is CC1(C)CC(=O)NN1[C@@H](c1ccccc1F)C(F)(F)F. The molecule has 1 aliphatic heterocycles. The van der Waals surface area contributed by atoms with Crippen LogP contribution in [0.25, 0.3) is 0 Å². The van der Waals surface area contributed by atoms with Crippen LogP contribution in [-0.4, -0.2) is 22.6 Å². The van der Waals surface area contributed by atoms with Gasteiger partial charge in [-0.25, -0.2) is 4.39 Å². The van der Waals surface area contributed by atoms with Gasteiger partial charge in [-0.2, -0.15) is 18.2 Å². The summed E-state index contributed by atoms with van der Waals surface area (Å²) in [6.07, 6.45) is -4.79. The molecule has 3 nitrogen and oxygen atoms in total. The lowest BCUT2D eigenvalue weighted by Gasteiger charge is -2.37. The van der Waals surface area contributed by atoms with Crippen LogP contribution in [0, 0.1) is 5.82 Å². The first-order valence-electron chi connectivity index (χ1n) is 6.03. The fraction of sp³-hybridized carbons (Fsp3) is 0.462. The summed E-state index contributed by atoms with van der Waals surface area (Å²) in [7, 11) is 0. The number of hydrogen-bond donors (Lipinski definition) is 1. The lowest BCUT2D eigenvalue weighted by molar-refractivity contribution is -0.204. The molecule has 1 aromatic rings. The molecule has 110 valence electrons. The lowest BCUT2D eigenvalue weighted by Crippen LogP contribution is -2.51. The van der Waals surface area contributed by atoms with Crippen molar-refractivity contribution in [2.45, 2.75) is 38.0 Å². The number of alkyl halides is 3. The van der Waals surface area contributed by atoms with Gasteiger partial charge in [0.1, 0.15) is 5.82 Å². The van der Waals surface area contributed by atoms with Crippen LogP contribution in [-0.2, 0) is 4.79 Å². The topological polar surface area (TPSA) is 32.3 Å². The Hall–Kier alpha value is -1.63. The van der Waals surface area contributed by atoms with Crippen LogP contribution >= 0.6 is 0 Å². The largest absolute Gasteiger partial charge is 0.410 e. The molecule has 0 aliphatic carbocycles. The molecule has 1 amide bonds. The van der Waals surface area contributed by atoms with Crippen molar-refractivity contribution in [1.82, 2.24) is 10.4 Å². The Kier molecular flexibility index (Phi) is 3.49. The third kappa shape index (κ3) is 2.63. The minimum absolute atomic E-state index is 0.0754. The molecule has 1 fully saturated rings. The molecule has 1 aliphatic rings. The van der Waals surface area contributed by atoms with E-state index in [1.807, 2.05) is 0 Å². The third-order valence-electron chi connectivity index (χ3n) is 3.26. The van der Waals surface area contributed by atoms with E-state index in [-0.39, 0.29) is 6.42 Å². The molecule has 1 saturated heterocycles. The fourth-order valence-corrected chi connectivity index (χ4v) is 2.38. The summed E-state index contributed by atoms with van der Waals surface area (Å²) >= 11 is 0. The smallest absolute Gasteiger partial charge is 0.287 e. The number of carbonyl (C=O) groups excluding carboxylic acids is 1. The van der Waals surface area contributed by atoms with Gasteiger partial charge >= 0.3 is 6.18 Å². The predicted molar refractivity (Wildman–Crippen MR) is 63.9 cm³/mol. The maximum atomic E-state index is 13.7. The minimum Gasteiger partial charge on any atom is -0.287 e. The molecule has 0 radical (unpaired) electrons. The number of carbonyl (C=O) groups is 1. The number of rotatable bonds is 2. The van der Waals surface area contributed by atoms with Gasteiger partial charge in [0.2, 0.25) is 5.91 Å². The summed E-state index contributed by atoms with van der Waals surface area (Å²) < 4.78 is 53.8. The molecule has 0 unspecified atom stereocenters. The van der Waals surface area contributed by atoms with Crippen LogP contribution < -0.4 is 5.43 Å². The molecule has 0 bridgehead atoms. The van der Waals surface area contributed by atoms with E-state index < -0.39 is 35.0 Å². The predicted octanol–water partition coefficient (Wildman–Crippen LogP) is 2.94. The zero-order chi connectivity index (χ0) is 15.1. The Balaban J connectivity index is 2.50. The van der Waals surface area contributed by atoms with Crippen LogP contribution in [0.15, 0.2) is 24.3 Å². The Morgan fingerprint density at radius 3 is 2.35 bits per heavy atom. The van der Waals surface area contributed by atoms with Crippen molar-refractivity contribution in [3.8, 4) is 0 Å². The van der Waals surface area contributed by atoms with Crippen LogP contribution in [0.1, 0.15) is 31.9 Å². The highest BCUT2D eigenvalue weighted by Crippen LogP contribution is 2.43. The minimum atomic E-state index is -4.71. The average Bonchev–Trinajstić information content (AvgIpc) is 2.53. The number of halogens is 4.